The van der Waals surface area contributed by atoms with Crippen molar-refractivity contribution in [1.82, 2.24) is 10.6 Å². The molecule has 1 aromatic carbocycles. The van der Waals surface area contributed by atoms with Gasteiger partial charge in [0.1, 0.15) is 5.75 Å². The van der Waals surface area contributed by atoms with Crippen LogP contribution in [-0.2, 0) is 14.4 Å². The fraction of sp³-hybridized carbons (Fsp3) is 0.471. The maximum atomic E-state index is 12.1. The van der Waals surface area contributed by atoms with Crippen LogP contribution in [0.25, 0.3) is 0 Å². The number of rotatable bonds is 7. The van der Waals surface area contributed by atoms with Gasteiger partial charge in [-0.2, -0.15) is 0 Å². The number of benzene rings is 1. The summed E-state index contributed by atoms with van der Waals surface area (Å²) in [4.78, 5) is 36.3. The molecule has 1 aliphatic rings. The molecule has 2 rings (SSSR count). The van der Waals surface area contributed by atoms with Gasteiger partial charge < -0.3 is 20.3 Å². The Morgan fingerprint density at radius 3 is 2.75 bits per heavy atom. The van der Waals surface area contributed by atoms with Gasteiger partial charge in [0, 0.05) is 33.0 Å². The lowest BCUT2D eigenvalue weighted by Crippen LogP contribution is -2.41. The Kier molecular flexibility index (Phi) is 6.17. The van der Waals surface area contributed by atoms with Crippen molar-refractivity contribution >= 4 is 23.4 Å². The van der Waals surface area contributed by atoms with E-state index in [4.69, 9.17) is 4.74 Å². The zero-order valence-corrected chi connectivity index (χ0v) is 14.1. The predicted molar refractivity (Wildman–Crippen MR) is 90.0 cm³/mol. The van der Waals surface area contributed by atoms with Crippen LogP contribution in [0.5, 0.6) is 5.75 Å². The number of hydrogen-bond donors (Lipinski definition) is 2. The molecular weight excluding hydrogens is 310 g/mol. The average Bonchev–Trinajstić information content (AvgIpc) is 2.53. The molecule has 0 bridgehead atoms. The average molecular weight is 333 g/mol. The summed E-state index contributed by atoms with van der Waals surface area (Å²) in [6.45, 7) is 4.73. The molecule has 130 valence electrons. The number of ether oxygens (including phenoxy) is 1. The highest BCUT2D eigenvalue weighted by Crippen LogP contribution is 2.32. The minimum absolute atomic E-state index is 0.00556. The van der Waals surface area contributed by atoms with E-state index >= 15 is 0 Å². The van der Waals surface area contributed by atoms with Gasteiger partial charge in [0.25, 0.3) is 5.91 Å². The molecule has 0 aromatic heterocycles. The molecular formula is C17H23N3O4. The molecule has 7 nitrogen and oxygen atoms in total. The lowest BCUT2D eigenvalue weighted by molar-refractivity contribution is -0.122. The van der Waals surface area contributed by atoms with Gasteiger partial charge in [0.2, 0.25) is 11.8 Å². The maximum absolute atomic E-state index is 12.1. The standard InChI is InChI=1S/C17H23N3O4/c1-12-4-5-15-14(10-12)20(17(23)11-24-15)9-6-16(22)19-8-3-7-18-13(2)21/h4-5,10H,3,6-9,11H2,1-2H3,(H,18,21)(H,19,22). The highest BCUT2D eigenvalue weighted by atomic mass is 16.5. The fourth-order valence-electron chi connectivity index (χ4n) is 2.44. The van der Waals surface area contributed by atoms with Crippen LogP contribution in [0.4, 0.5) is 5.69 Å². The molecule has 3 amide bonds. The molecule has 0 unspecified atom stereocenters. The molecule has 0 radical (unpaired) electrons. The number of carbonyl (C=O) groups is 3. The molecule has 0 fully saturated rings. The van der Waals surface area contributed by atoms with Crippen LogP contribution >= 0.6 is 0 Å². The van der Waals surface area contributed by atoms with Crippen LogP contribution in [0.15, 0.2) is 18.2 Å². The van der Waals surface area contributed by atoms with Crippen LogP contribution < -0.4 is 20.3 Å². The number of carbonyl (C=O) groups excluding carboxylic acids is 3. The smallest absolute Gasteiger partial charge is 0.265 e. The minimum Gasteiger partial charge on any atom is -0.482 e. The van der Waals surface area contributed by atoms with E-state index in [0.29, 0.717) is 37.5 Å². The van der Waals surface area contributed by atoms with Crippen LogP contribution in [0.1, 0.15) is 25.3 Å². The molecule has 0 saturated carbocycles. The summed E-state index contributed by atoms with van der Waals surface area (Å²) in [6.07, 6.45) is 0.892. The van der Waals surface area contributed by atoms with E-state index in [1.807, 2.05) is 25.1 Å². The van der Waals surface area contributed by atoms with Gasteiger partial charge in [-0.15, -0.1) is 0 Å². The second-order valence-corrected chi connectivity index (χ2v) is 5.74. The number of nitrogens with zero attached hydrogens (tertiary/aromatic N) is 1. The van der Waals surface area contributed by atoms with Gasteiger partial charge in [-0.05, 0) is 31.0 Å². The molecule has 7 heteroatoms. The molecule has 0 spiro atoms. The van der Waals surface area contributed by atoms with E-state index in [-0.39, 0.29) is 30.7 Å². The van der Waals surface area contributed by atoms with Crippen molar-refractivity contribution < 1.29 is 19.1 Å². The largest absolute Gasteiger partial charge is 0.482 e. The van der Waals surface area contributed by atoms with Crippen molar-refractivity contribution in [3.05, 3.63) is 23.8 Å². The summed E-state index contributed by atoms with van der Waals surface area (Å²) in [6, 6.07) is 5.65. The Bertz CT molecular complexity index is 630. The lowest BCUT2D eigenvalue weighted by atomic mass is 10.1. The normalized spacial score (nSPS) is 13.1. The first kappa shape index (κ1) is 17.8. The fourth-order valence-corrected chi connectivity index (χ4v) is 2.44. The summed E-state index contributed by atoms with van der Waals surface area (Å²) in [7, 11) is 0. The number of amides is 3. The van der Waals surface area contributed by atoms with Crippen molar-refractivity contribution in [2.24, 2.45) is 0 Å². The van der Waals surface area contributed by atoms with Crippen LogP contribution in [-0.4, -0.2) is 44.0 Å². The summed E-state index contributed by atoms with van der Waals surface area (Å²) in [5.74, 6) is 0.315. The minimum atomic E-state index is -0.147. The molecule has 24 heavy (non-hydrogen) atoms. The molecule has 0 atom stereocenters. The summed E-state index contributed by atoms with van der Waals surface area (Å²) >= 11 is 0. The van der Waals surface area contributed by atoms with Crippen LogP contribution in [0.2, 0.25) is 0 Å². The zero-order valence-electron chi connectivity index (χ0n) is 14.1. The second-order valence-electron chi connectivity index (χ2n) is 5.74. The third-order valence-electron chi connectivity index (χ3n) is 3.67. The number of fused-ring (bicyclic) bond motifs is 1. The molecule has 2 N–H and O–H groups in total. The zero-order chi connectivity index (χ0) is 17.5. The van der Waals surface area contributed by atoms with Crippen molar-refractivity contribution in [3.8, 4) is 5.75 Å². The highest BCUT2D eigenvalue weighted by Gasteiger charge is 2.25. The summed E-state index contributed by atoms with van der Waals surface area (Å²) < 4.78 is 5.41. The van der Waals surface area contributed by atoms with Gasteiger partial charge in [-0.25, -0.2) is 0 Å². The van der Waals surface area contributed by atoms with Crippen LogP contribution in [0.3, 0.4) is 0 Å². The first-order chi connectivity index (χ1) is 11.5. The van der Waals surface area contributed by atoms with Crippen molar-refractivity contribution in [1.29, 1.82) is 0 Å². The number of anilines is 1. The Morgan fingerprint density at radius 1 is 1.25 bits per heavy atom. The maximum Gasteiger partial charge on any atom is 0.265 e. The quantitative estimate of drug-likeness (QED) is 0.721. The van der Waals surface area contributed by atoms with Gasteiger partial charge in [0.15, 0.2) is 6.61 Å². The van der Waals surface area contributed by atoms with Crippen LogP contribution in [0, 0.1) is 6.92 Å². The van der Waals surface area contributed by atoms with E-state index < -0.39 is 0 Å². The van der Waals surface area contributed by atoms with Crippen molar-refractivity contribution in [3.63, 3.8) is 0 Å². The Balaban J connectivity index is 1.81. The summed E-state index contributed by atoms with van der Waals surface area (Å²) in [5.41, 5.74) is 1.74. The number of hydrogen-bond acceptors (Lipinski definition) is 4. The van der Waals surface area contributed by atoms with E-state index in [1.54, 1.807) is 4.90 Å². The van der Waals surface area contributed by atoms with E-state index in [1.165, 1.54) is 6.92 Å². The molecule has 1 heterocycles. The molecule has 0 aliphatic carbocycles. The van der Waals surface area contributed by atoms with Gasteiger partial charge in [-0.3, -0.25) is 14.4 Å². The molecule has 0 saturated heterocycles. The third kappa shape index (κ3) is 4.97. The second kappa shape index (κ2) is 8.33. The monoisotopic (exact) mass is 333 g/mol. The Hall–Kier alpha value is -2.57. The van der Waals surface area contributed by atoms with Gasteiger partial charge in [0.05, 0.1) is 5.69 Å². The Morgan fingerprint density at radius 2 is 2.00 bits per heavy atom. The van der Waals surface area contributed by atoms with E-state index in [9.17, 15) is 14.4 Å². The van der Waals surface area contributed by atoms with Gasteiger partial charge >= 0.3 is 0 Å². The third-order valence-corrected chi connectivity index (χ3v) is 3.67. The van der Waals surface area contributed by atoms with Crippen molar-refractivity contribution in [2.45, 2.75) is 26.7 Å². The predicted octanol–water partition coefficient (Wildman–Crippen LogP) is 0.753. The van der Waals surface area contributed by atoms with E-state index in [0.717, 1.165) is 5.56 Å². The molecule has 1 aliphatic heterocycles. The van der Waals surface area contributed by atoms with Gasteiger partial charge in [-0.1, -0.05) is 6.07 Å². The Labute approximate surface area is 141 Å². The lowest BCUT2D eigenvalue weighted by Gasteiger charge is -2.29. The topological polar surface area (TPSA) is 87.7 Å². The first-order valence-corrected chi connectivity index (χ1v) is 8.02. The first-order valence-electron chi connectivity index (χ1n) is 8.02. The highest BCUT2D eigenvalue weighted by molar-refractivity contribution is 5.98. The number of aryl methyl sites for hydroxylation is 1. The number of nitrogens with one attached hydrogen (secondary N) is 2. The van der Waals surface area contributed by atoms with E-state index in [2.05, 4.69) is 10.6 Å². The molecule has 1 aromatic rings. The summed E-state index contributed by atoms with van der Waals surface area (Å²) in [5, 5.41) is 5.45. The SMILES string of the molecule is CC(=O)NCCCNC(=O)CCN1C(=O)COc2ccc(C)cc21. The van der Waals surface area contributed by atoms with Crippen molar-refractivity contribution in [2.75, 3.05) is 31.1 Å².